The number of nitrogens with zero attached hydrogens (tertiary/aromatic N) is 4. The molecule has 0 saturated heterocycles. The van der Waals surface area contributed by atoms with E-state index in [0.29, 0.717) is 12.2 Å². The normalized spacial score (nSPS) is 12.5. The van der Waals surface area contributed by atoms with Crippen molar-refractivity contribution in [1.29, 1.82) is 0 Å². The zero-order valence-corrected chi connectivity index (χ0v) is 16.1. The lowest BCUT2D eigenvalue weighted by Gasteiger charge is -2.08. The highest BCUT2D eigenvalue weighted by atomic mass is 35.5. The predicted molar refractivity (Wildman–Crippen MR) is 107 cm³/mol. The molecule has 0 aliphatic carbocycles. The van der Waals surface area contributed by atoms with Crippen molar-refractivity contribution in [1.82, 2.24) is 19.8 Å². The second kappa shape index (κ2) is 7.75. The summed E-state index contributed by atoms with van der Waals surface area (Å²) in [6, 6.07) is 17.7. The van der Waals surface area contributed by atoms with Crippen LogP contribution in [0.1, 0.15) is 23.0 Å². The Labute approximate surface area is 164 Å². The van der Waals surface area contributed by atoms with Gasteiger partial charge < -0.3 is 5.73 Å². The molecule has 4 aromatic rings. The Hall–Kier alpha value is -1.93. The van der Waals surface area contributed by atoms with E-state index in [1.54, 1.807) is 16.3 Å². The van der Waals surface area contributed by atoms with Crippen LogP contribution in [0.15, 0.2) is 58.9 Å². The van der Waals surface area contributed by atoms with Crippen LogP contribution in [0.25, 0.3) is 4.96 Å². The Morgan fingerprint density at radius 2 is 1.81 bits per heavy atom. The first-order chi connectivity index (χ1) is 12.7. The number of aromatic nitrogens is 4. The zero-order valence-electron chi connectivity index (χ0n) is 13.7. The number of benzene rings is 2. The van der Waals surface area contributed by atoms with Crippen LogP contribution in [0.5, 0.6) is 0 Å². The summed E-state index contributed by atoms with van der Waals surface area (Å²) in [5.74, 6) is 1.52. The maximum absolute atomic E-state index is 6.35. The van der Waals surface area contributed by atoms with Gasteiger partial charge in [0.25, 0.3) is 0 Å². The summed E-state index contributed by atoms with van der Waals surface area (Å²) < 4.78 is 2.71. The molecule has 2 heterocycles. The molecule has 8 heteroatoms. The minimum Gasteiger partial charge on any atom is -0.321 e. The molecule has 0 unspecified atom stereocenters. The summed E-state index contributed by atoms with van der Waals surface area (Å²) in [6.45, 7) is 0. The van der Waals surface area contributed by atoms with Gasteiger partial charge >= 0.3 is 0 Å². The number of hydrogen-bond donors (Lipinski definition) is 1. The van der Waals surface area contributed by atoms with E-state index in [1.807, 2.05) is 42.5 Å². The molecule has 5 nitrogen and oxygen atoms in total. The van der Waals surface area contributed by atoms with Gasteiger partial charge in [-0.1, -0.05) is 77.2 Å². The summed E-state index contributed by atoms with van der Waals surface area (Å²) in [4.78, 5) is 0.766. The number of halogens is 1. The fourth-order valence-corrected chi connectivity index (χ4v) is 4.55. The van der Waals surface area contributed by atoms with Gasteiger partial charge in [-0.15, -0.1) is 15.3 Å². The second-order valence-corrected chi connectivity index (χ2v) is 8.45. The van der Waals surface area contributed by atoms with Crippen LogP contribution in [0.3, 0.4) is 0 Å². The largest absolute Gasteiger partial charge is 0.321 e. The Bertz CT molecular complexity index is 998. The van der Waals surface area contributed by atoms with E-state index >= 15 is 0 Å². The van der Waals surface area contributed by atoms with Crippen molar-refractivity contribution in [2.45, 2.75) is 22.6 Å². The number of thioether (sulfide) groups is 1. The highest BCUT2D eigenvalue weighted by molar-refractivity contribution is 8.00. The van der Waals surface area contributed by atoms with Crippen molar-refractivity contribution in [2.24, 2.45) is 5.73 Å². The molecule has 2 N–H and O–H groups in total. The van der Waals surface area contributed by atoms with Crippen LogP contribution in [-0.2, 0) is 12.2 Å². The molecule has 0 aliphatic rings. The van der Waals surface area contributed by atoms with Crippen molar-refractivity contribution in [3.05, 3.63) is 76.6 Å². The van der Waals surface area contributed by atoms with Crippen molar-refractivity contribution in [3.63, 3.8) is 0 Å². The van der Waals surface area contributed by atoms with Crippen LogP contribution < -0.4 is 5.73 Å². The smallest absolute Gasteiger partial charge is 0.235 e. The Kier molecular flexibility index (Phi) is 5.21. The van der Waals surface area contributed by atoms with Gasteiger partial charge in [0.2, 0.25) is 4.96 Å². The first-order valence-corrected chi connectivity index (χ1v) is 10.3. The highest BCUT2D eigenvalue weighted by Crippen LogP contribution is 2.29. The molecule has 0 spiro atoms. The van der Waals surface area contributed by atoms with E-state index in [1.165, 1.54) is 22.5 Å². The van der Waals surface area contributed by atoms with Crippen LogP contribution in [0.4, 0.5) is 0 Å². The summed E-state index contributed by atoms with van der Waals surface area (Å²) in [6.07, 6.45) is 0.701. The minimum absolute atomic E-state index is 0.247. The summed E-state index contributed by atoms with van der Waals surface area (Å²) in [5.41, 5.74) is 8.72. The van der Waals surface area contributed by atoms with Crippen molar-refractivity contribution in [2.75, 3.05) is 0 Å². The SMILES string of the molecule is N[C@@H](Cc1ccccc1)c1nnc2sc(SCc3ccc(Cl)cc3)nn12. The van der Waals surface area contributed by atoms with Gasteiger partial charge in [-0.2, -0.15) is 4.52 Å². The van der Waals surface area contributed by atoms with Gasteiger partial charge in [0, 0.05) is 10.8 Å². The van der Waals surface area contributed by atoms with Gasteiger partial charge in [0.05, 0.1) is 6.04 Å². The van der Waals surface area contributed by atoms with Crippen molar-refractivity contribution in [3.8, 4) is 0 Å². The first-order valence-electron chi connectivity index (χ1n) is 8.08. The minimum atomic E-state index is -0.247. The lowest BCUT2D eigenvalue weighted by Crippen LogP contribution is -2.17. The van der Waals surface area contributed by atoms with E-state index < -0.39 is 0 Å². The first kappa shape index (κ1) is 17.5. The summed E-state index contributed by atoms with van der Waals surface area (Å²) in [7, 11) is 0. The number of hydrogen-bond acceptors (Lipinski definition) is 6. The van der Waals surface area contributed by atoms with Gasteiger partial charge in [-0.3, -0.25) is 0 Å². The van der Waals surface area contributed by atoms with E-state index in [2.05, 4.69) is 27.4 Å². The molecule has 4 rings (SSSR count). The van der Waals surface area contributed by atoms with Crippen LogP contribution in [0.2, 0.25) is 5.02 Å². The molecule has 0 aliphatic heterocycles. The molecular formula is C18H16ClN5S2. The van der Waals surface area contributed by atoms with Crippen molar-refractivity contribution < 1.29 is 0 Å². The molecule has 132 valence electrons. The predicted octanol–water partition coefficient (Wildman–Crippen LogP) is 4.37. The second-order valence-electron chi connectivity index (χ2n) is 5.83. The molecular weight excluding hydrogens is 386 g/mol. The van der Waals surface area contributed by atoms with Crippen LogP contribution >= 0.6 is 34.7 Å². The molecule has 0 bridgehead atoms. The Balaban J connectivity index is 1.48. The highest BCUT2D eigenvalue weighted by Gasteiger charge is 2.18. The number of rotatable bonds is 6. The van der Waals surface area contributed by atoms with Crippen LogP contribution in [-0.4, -0.2) is 19.8 Å². The van der Waals surface area contributed by atoms with Gasteiger partial charge in [-0.05, 0) is 29.7 Å². The van der Waals surface area contributed by atoms with E-state index in [9.17, 15) is 0 Å². The van der Waals surface area contributed by atoms with Crippen LogP contribution in [0, 0.1) is 0 Å². The molecule has 2 aromatic carbocycles. The molecule has 2 aromatic heterocycles. The number of nitrogens with two attached hydrogens (primary N) is 1. The van der Waals surface area contributed by atoms with Crippen molar-refractivity contribution >= 4 is 39.7 Å². The topological polar surface area (TPSA) is 69.1 Å². The molecule has 1 atom stereocenters. The van der Waals surface area contributed by atoms with Gasteiger partial charge in [0.15, 0.2) is 10.2 Å². The molecule has 26 heavy (non-hydrogen) atoms. The summed E-state index contributed by atoms with van der Waals surface area (Å²) in [5, 5.41) is 13.8. The Morgan fingerprint density at radius 3 is 2.58 bits per heavy atom. The lowest BCUT2D eigenvalue weighted by molar-refractivity contribution is 0.635. The van der Waals surface area contributed by atoms with Gasteiger partial charge in [-0.25, -0.2) is 0 Å². The third-order valence-electron chi connectivity index (χ3n) is 3.90. The van der Waals surface area contributed by atoms with E-state index in [-0.39, 0.29) is 6.04 Å². The fraction of sp³-hybridized carbons (Fsp3) is 0.167. The maximum atomic E-state index is 6.35. The van der Waals surface area contributed by atoms with Gasteiger partial charge in [0.1, 0.15) is 0 Å². The fourth-order valence-electron chi connectivity index (χ4n) is 2.59. The number of fused-ring (bicyclic) bond motifs is 1. The third-order valence-corrected chi connectivity index (χ3v) is 6.26. The standard InChI is InChI=1S/C18H16ClN5S2/c19-14-8-6-13(7-9-14)11-25-18-23-24-16(21-22-17(24)26-18)15(20)10-12-4-2-1-3-5-12/h1-9,15H,10-11,20H2/t15-/m0/s1. The monoisotopic (exact) mass is 401 g/mol. The molecule has 0 saturated carbocycles. The quantitative estimate of drug-likeness (QED) is 0.486. The van der Waals surface area contributed by atoms with E-state index in [0.717, 1.165) is 20.1 Å². The average molecular weight is 402 g/mol. The van der Waals surface area contributed by atoms with E-state index in [4.69, 9.17) is 17.3 Å². The zero-order chi connectivity index (χ0) is 17.9. The summed E-state index contributed by atoms with van der Waals surface area (Å²) >= 11 is 9.12. The molecule has 0 fully saturated rings. The lowest BCUT2D eigenvalue weighted by atomic mass is 10.1. The average Bonchev–Trinajstić information content (AvgIpc) is 3.22. The maximum Gasteiger partial charge on any atom is 0.235 e. The molecule has 0 amide bonds. The molecule has 0 radical (unpaired) electrons. The Morgan fingerprint density at radius 1 is 1.04 bits per heavy atom. The third kappa shape index (κ3) is 3.91.